The molecule has 1 atom stereocenters. The van der Waals surface area contributed by atoms with Gasteiger partial charge in [-0.15, -0.1) is 0 Å². The number of methoxy groups -OCH3 is 1. The zero-order chi connectivity index (χ0) is 19.2. The highest BCUT2D eigenvalue weighted by Gasteiger charge is 2.22. The van der Waals surface area contributed by atoms with Crippen LogP contribution in [-0.4, -0.2) is 27.8 Å². The van der Waals surface area contributed by atoms with Gasteiger partial charge in [-0.25, -0.2) is 9.48 Å². The molecule has 27 heavy (non-hydrogen) atoms. The van der Waals surface area contributed by atoms with Gasteiger partial charge < -0.3 is 10.1 Å². The lowest BCUT2D eigenvalue weighted by Gasteiger charge is -2.16. The molecule has 3 rings (SSSR count). The van der Waals surface area contributed by atoms with Crippen molar-refractivity contribution < 1.29 is 9.53 Å². The van der Waals surface area contributed by atoms with Crippen LogP contribution >= 0.6 is 0 Å². The van der Waals surface area contributed by atoms with Gasteiger partial charge in [-0.3, -0.25) is 4.79 Å². The first-order chi connectivity index (χ1) is 13.1. The average Bonchev–Trinajstić information content (AvgIpc) is 2.71. The lowest BCUT2D eigenvalue weighted by atomic mass is 10.2. The molecule has 0 fully saturated rings. The predicted octanol–water partition coefficient (Wildman–Crippen LogP) is 2.90. The SMILES string of the molecule is CCC(C(=O)Nc1ccc(OC)cc1)n1ncc(-c2ccccc2)nc1=O. The Kier molecular flexibility index (Phi) is 5.61. The molecule has 0 radical (unpaired) electrons. The van der Waals surface area contributed by atoms with E-state index in [0.717, 1.165) is 10.2 Å². The summed E-state index contributed by atoms with van der Waals surface area (Å²) in [6, 6.07) is 15.5. The molecular weight excluding hydrogens is 344 g/mol. The number of benzene rings is 2. The van der Waals surface area contributed by atoms with Crippen molar-refractivity contribution in [2.45, 2.75) is 19.4 Å². The summed E-state index contributed by atoms with van der Waals surface area (Å²) in [7, 11) is 1.57. The number of hydrogen-bond acceptors (Lipinski definition) is 5. The molecule has 0 saturated heterocycles. The van der Waals surface area contributed by atoms with Crippen molar-refractivity contribution in [2.24, 2.45) is 0 Å². The second kappa shape index (κ2) is 8.27. The Morgan fingerprint density at radius 3 is 2.44 bits per heavy atom. The number of carbonyl (C=O) groups is 1. The van der Waals surface area contributed by atoms with Crippen LogP contribution in [0.25, 0.3) is 11.3 Å². The number of ether oxygens (including phenoxy) is 1. The third-order valence-electron chi connectivity index (χ3n) is 4.13. The standard InChI is InChI=1S/C20H20N4O3/c1-3-18(19(25)22-15-9-11-16(27-2)12-10-15)24-20(26)23-17(13-21-24)14-7-5-4-6-8-14/h4-13,18H,3H2,1-2H3,(H,22,25). The maximum absolute atomic E-state index is 12.6. The lowest BCUT2D eigenvalue weighted by molar-refractivity contribution is -0.119. The summed E-state index contributed by atoms with van der Waals surface area (Å²) in [4.78, 5) is 29.2. The van der Waals surface area contributed by atoms with Crippen molar-refractivity contribution in [1.82, 2.24) is 14.8 Å². The summed E-state index contributed by atoms with van der Waals surface area (Å²) in [5.74, 6) is 0.366. The topological polar surface area (TPSA) is 86.1 Å². The monoisotopic (exact) mass is 364 g/mol. The minimum absolute atomic E-state index is 0.327. The van der Waals surface area contributed by atoms with Gasteiger partial charge in [0.1, 0.15) is 11.8 Å². The van der Waals surface area contributed by atoms with Crippen molar-refractivity contribution >= 4 is 11.6 Å². The highest BCUT2D eigenvalue weighted by molar-refractivity contribution is 5.93. The number of rotatable bonds is 6. The summed E-state index contributed by atoms with van der Waals surface area (Å²) < 4.78 is 6.22. The second-order valence-electron chi connectivity index (χ2n) is 5.88. The molecule has 0 aliphatic heterocycles. The summed E-state index contributed by atoms with van der Waals surface area (Å²) in [6.07, 6.45) is 1.90. The molecule has 0 spiro atoms. The van der Waals surface area contributed by atoms with Crippen molar-refractivity contribution in [1.29, 1.82) is 0 Å². The zero-order valence-electron chi connectivity index (χ0n) is 15.1. The van der Waals surface area contributed by atoms with Gasteiger partial charge in [0, 0.05) is 11.3 Å². The minimum Gasteiger partial charge on any atom is -0.497 e. The smallest absolute Gasteiger partial charge is 0.365 e. The van der Waals surface area contributed by atoms with Crippen LogP contribution in [0.1, 0.15) is 19.4 Å². The van der Waals surface area contributed by atoms with E-state index < -0.39 is 11.7 Å². The van der Waals surface area contributed by atoms with E-state index >= 15 is 0 Å². The number of nitrogens with zero attached hydrogens (tertiary/aromatic N) is 3. The highest BCUT2D eigenvalue weighted by Crippen LogP contribution is 2.18. The van der Waals surface area contributed by atoms with Gasteiger partial charge in [0.15, 0.2) is 0 Å². The Bertz CT molecular complexity index is 969. The third-order valence-corrected chi connectivity index (χ3v) is 4.13. The molecule has 1 N–H and O–H groups in total. The number of carbonyl (C=O) groups excluding carboxylic acids is 1. The summed E-state index contributed by atoms with van der Waals surface area (Å²) >= 11 is 0. The number of nitrogens with one attached hydrogen (secondary N) is 1. The van der Waals surface area contributed by atoms with Gasteiger partial charge >= 0.3 is 5.69 Å². The minimum atomic E-state index is -0.753. The third kappa shape index (κ3) is 4.20. The van der Waals surface area contributed by atoms with Gasteiger partial charge in [0.2, 0.25) is 5.91 Å². The largest absolute Gasteiger partial charge is 0.497 e. The molecule has 1 unspecified atom stereocenters. The molecule has 7 nitrogen and oxygen atoms in total. The molecule has 0 aliphatic carbocycles. The molecule has 3 aromatic rings. The van der Waals surface area contributed by atoms with Gasteiger partial charge in [0.25, 0.3) is 0 Å². The van der Waals surface area contributed by atoms with Gasteiger partial charge in [0.05, 0.1) is 19.0 Å². The first kappa shape index (κ1) is 18.3. The fourth-order valence-corrected chi connectivity index (χ4v) is 2.68. The Balaban J connectivity index is 1.82. The predicted molar refractivity (Wildman–Crippen MR) is 103 cm³/mol. The van der Waals surface area contributed by atoms with Crippen LogP contribution in [0.2, 0.25) is 0 Å². The molecular formula is C20H20N4O3. The van der Waals surface area contributed by atoms with E-state index in [1.807, 2.05) is 37.3 Å². The lowest BCUT2D eigenvalue weighted by Crippen LogP contribution is -2.36. The molecule has 1 aromatic heterocycles. The van der Waals surface area contributed by atoms with Gasteiger partial charge in [-0.1, -0.05) is 37.3 Å². The normalized spacial score (nSPS) is 11.6. The summed E-state index contributed by atoms with van der Waals surface area (Å²) in [6.45, 7) is 1.82. The Hall–Kier alpha value is -3.48. The molecule has 0 aliphatic rings. The van der Waals surface area contributed by atoms with E-state index in [-0.39, 0.29) is 5.91 Å². The Morgan fingerprint density at radius 1 is 1.15 bits per heavy atom. The number of amides is 1. The average molecular weight is 364 g/mol. The van der Waals surface area contributed by atoms with Crippen molar-refractivity contribution in [3.8, 4) is 17.0 Å². The maximum atomic E-state index is 12.6. The Morgan fingerprint density at radius 2 is 1.85 bits per heavy atom. The van der Waals surface area contributed by atoms with Crippen molar-refractivity contribution in [2.75, 3.05) is 12.4 Å². The quantitative estimate of drug-likeness (QED) is 0.727. The summed E-state index contributed by atoms with van der Waals surface area (Å²) in [5, 5.41) is 6.97. The molecule has 0 bridgehead atoms. The van der Waals surface area contributed by atoms with E-state index in [1.165, 1.54) is 6.20 Å². The van der Waals surface area contributed by atoms with Crippen molar-refractivity contribution in [3.63, 3.8) is 0 Å². The van der Waals surface area contributed by atoms with Crippen LogP contribution in [0.5, 0.6) is 5.75 Å². The van der Waals surface area contributed by atoms with E-state index in [0.29, 0.717) is 23.6 Å². The zero-order valence-corrected chi connectivity index (χ0v) is 15.1. The van der Waals surface area contributed by atoms with Gasteiger partial charge in [-0.2, -0.15) is 10.1 Å². The fraction of sp³-hybridized carbons (Fsp3) is 0.200. The first-order valence-corrected chi connectivity index (χ1v) is 8.58. The second-order valence-corrected chi connectivity index (χ2v) is 5.88. The van der Waals surface area contributed by atoms with E-state index in [9.17, 15) is 9.59 Å². The molecule has 1 amide bonds. The van der Waals surface area contributed by atoms with E-state index in [4.69, 9.17) is 4.74 Å². The van der Waals surface area contributed by atoms with E-state index in [2.05, 4.69) is 15.4 Å². The Labute approximate surface area is 156 Å². The number of anilines is 1. The van der Waals surface area contributed by atoms with Crippen LogP contribution in [-0.2, 0) is 4.79 Å². The number of hydrogen-bond donors (Lipinski definition) is 1. The first-order valence-electron chi connectivity index (χ1n) is 8.58. The molecule has 1 heterocycles. The molecule has 0 saturated carbocycles. The summed E-state index contributed by atoms with van der Waals surface area (Å²) in [5.41, 5.74) is 1.32. The fourth-order valence-electron chi connectivity index (χ4n) is 2.68. The maximum Gasteiger partial charge on any atom is 0.365 e. The van der Waals surface area contributed by atoms with Crippen LogP contribution in [0.3, 0.4) is 0 Å². The highest BCUT2D eigenvalue weighted by atomic mass is 16.5. The molecule has 138 valence electrons. The van der Waals surface area contributed by atoms with Crippen molar-refractivity contribution in [3.05, 3.63) is 71.3 Å². The van der Waals surface area contributed by atoms with Crippen LogP contribution in [0.4, 0.5) is 5.69 Å². The van der Waals surface area contributed by atoms with E-state index in [1.54, 1.807) is 31.4 Å². The number of aromatic nitrogens is 3. The van der Waals surface area contributed by atoms with Crippen LogP contribution in [0, 0.1) is 0 Å². The van der Waals surface area contributed by atoms with Gasteiger partial charge in [-0.05, 0) is 30.7 Å². The molecule has 7 heteroatoms. The van der Waals surface area contributed by atoms with Crippen LogP contribution < -0.4 is 15.7 Å². The van der Waals surface area contributed by atoms with Crippen LogP contribution in [0.15, 0.2) is 65.6 Å². The molecule has 2 aromatic carbocycles.